The number of aromatic nitrogens is 2. The molecule has 2 aliphatic rings. The number of hydrogen-bond donors (Lipinski definition) is 4. The summed E-state index contributed by atoms with van der Waals surface area (Å²) in [5.41, 5.74) is 6.22. The third-order valence-electron chi connectivity index (χ3n) is 7.36. The predicted octanol–water partition coefficient (Wildman–Crippen LogP) is 4.83. The Morgan fingerprint density at radius 3 is 2.73 bits per heavy atom. The van der Waals surface area contributed by atoms with E-state index >= 15 is 0 Å². The molecule has 0 aliphatic carbocycles. The van der Waals surface area contributed by atoms with Crippen molar-refractivity contribution in [2.45, 2.75) is 31.8 Å². The molecule has 4 aromatic rings. The Morgan fingerprint density at radius 1 is 1.07 bits per heavy atom. The number of fused-ring (bicyclic) bond motifs is 2. The van der Waals surface area contributed by atoms with Gasteiger partial charge in [0.15, 0.2) is 0 Å². The summed E-state index contributed by atoms with van der Waals surface area (Å²) >= 11 is 0. The smallest absolute Gasteiger partial charge is 0.335 e. The number of aryl methyl sites for hydroxylation is 1. The fraction of sp³-hybridized carbons (Fsp3) is 0.267. The molecule has 210 valence electrons. The monoisotopic (exact) mass is 555 g/mol. The number of nitrogens with zero attached hydrogens (tertiary/aromatic N) is 3. The maximum absolute atomic E-state index is 12.6. The molecule has 1 amide bonds. The number of hydroxylamine groups is 1. The van der Waals surface area contributed by atoms with E-state index in [-0.39, 0.29) is 17.2 Å². The van der Waals surface area contributed by atoms with Crippen LogP contribution in [0.15, 0.2) is 60.9 Å². The number of nitrogens with one attached hydrogen (secondary N) is 2. The van der Waals surface area contributed by atoms with Crippen molar-refractivity contribution in [3.05, 3.63) is 77.7 Å². The Hall–Kier alpha value is -4.74. The number of rotatable bonds is 7. The van der Waals surface area contributed by atoms with E-state index in [2.05, 4.69) is 26.3 Å². The molecule has 1 fully saturated rings. The summed E-state index contributed by atoms with van der Waals surface area (Å²) in [6, 6.07) is 14.4. The molecule has 6 rings (SSSR count). The number of carboxylic acids is 1. The summed E-state index contributed by atoms with van der Waals surface area (Å²) in [6.07, 6.45) is 6.39. The number of carboxylic acid groups (broad SMARTS) is 1. The number of carbonyl (C=O) groups excluding carboxylic acids is 1. The van der Waals surface area contributed by atoms with Gasteiger partial charge in [-0.05, 0) is 55.3 Å². The molecule has 2 aromatic carbocycles. The van der Waals surface area contributed by atoms with E-state index in [1.165, 1.54) is 18.3 Å². The lowest BCUT2D eigenvalue weighted by atomic mass is 10.0. The number of aromatic carboxylic acids is 1. The highest BCUT2D eigenvalue weighted by atomic mass is 16.5. The summed E-state index contributed by atoms with van der Waals surface area (Å²) in [7, 11) is 0. The molecule has 11 nitrogen and oxygen atoms in total. The van der Waals surface area contributed by atoms with Crippen LogP contribution in [0.1, 0.15) is 45.7 Å². The highest BCUT2D eigenvalue weighted by Crippen LogP contribution is 2.37. The van der Waals surface area contributed by atoms with Gasteiger partial charge < -0.3 is 24.8 Å². The standard InChI is InChI=1S/C30H29N5O6/c36-29(34-39)24-17-32-26-16-20(35-10-2-3-25-27(35)4-1-9-31-25)5-6-23(26)28(24)33-19-13-18(30(37)38)14-22(15-19)41-21-7-11-40-12-8-21/h1,4-6,9,13-17,21,39H,2-3,7-8,10-12H2,(H,32,33)(H,34,36)(H,37,38). The fourth-order valence-corrected chi connectivity index (χ4v) is 5.37. The fourth-order valence-electron chi connectivity index (χ4n) is 5.37. The second-order valence-electron chi connectivity index (χ2n) is 10.0. The molecular formula is C30H29N5O6. The Balaban J connectivity index is 1.40. The minimum atomic E-state index is -1.11. The highest BCUT2D eigenvalue weighted by Gasteiger charge is 2.22. The van der Waals surface area contributed by atoms with Gasteiger partial charge in [-0.1, -0.05) is 0 Å². The van der Waals surface area contributed by atoms with Crippen molar-refractivity contribution in [1.82, 2.24) is 15.4 Å². The van der Waals surface area contributed by atoms with Gasteiger partial charge in [0.25, 0.3) is 5.91 Å². The van der Waals surface area contributed by atoms with Gasteiger partial charge in [0.2, 0.25) is 0 Å². The summed E-state index contributed by atoms with van der Waals surface area (Å²) in [6.45, 7) is 2.00. The Morgan fingerprint density at radius 2 is 1.93 bits per heavy atom. The largest absolute Gasteiger partial charge is 0.490 e. The zero-order valence-corrected chi connectivity index (χ0v) is 22.2. The van der Waals surface area contributed by atoms with Gasteiger partial charge in [0.05, 0.1) is 46.9 Å². The van der Waals surface area contributed by atoms with E-state index in [1.807, 2.05) is 24.3 Å². The molecule has 1 saturated heterocycles. The first-order chi connectivity index (χ1) is 20.0. The molecule has 11 heteroatoms. The molecule has 4 heterocycles. The molecule has 0 saturated carbocycles. The van der Waals surface area contributed by atoms with Crippen molar-refractivity contribution in [3.63, 3.8) is 0 Å². The first kappa shape index (κ1) is 26.5. The quantitative estimate of drug-likeness (QED) is 0.185. The molecule has 0 atom stereocenters. The Labute approximate surface area is 235 Å². The summed E-state index contributed by atoms with van der Waals surface area (Å²) in [4.78, 5) is 35.8. The number of anilines is 4. The number of carbonyl (C=O) groups is 2. The Bertz CT molecular complexity index is 1620. The lowest BCUT2D eigenvalue weighted by Gasteiger charge is -2.30. The lowest BCUT2D eigenvalue weighted by molar-refractivity contribution is 0.0255. The van der Waals surface area contributed by atoms with Crippen molar-refractivity contribution in [1.29, 1.82) is 0 Å². The highest BCUT2D eigenvalue weighted by molar-refractivity contribution is 6.08. The molecule has 0 radical (unpaired) electrons. The van der Waals surface area contributed by atoms with Gasteiger partial charge in [0, 0.05) is 54.6 Å². The van der Waals surface area contributed by atoms with Gasteiger partial charge >= 0.3 is 5.97 Å². The first-order valence-corrected chi connectivity index (χ1v) is 13.5. The number of amides is 1. The van der Waals surface area contributed by atoms with Crippen LogP contribution in [0.3, 0.4) is 0 Å². The van der Waals surface area contributed by atoms with Crippen LogP contribution >= 0.6 is 0 Å². The third kappa shape index (κ3) is 5.49. The van der Waals surface area contributed by atoms with E-state index in [1.54, 1.807) is 17.7 Å². The summed E-state index contributed by atoms with van der Waals surface area (Å²) in [5.74, 6) is -1.47. The van der Waals surface area contributed by atoms with Crippen LogP contribution in [-0.4, -0.2) is 58.0 Å². The van der Waals surface area contributed by atoms with Crippen LogP contribution in [0.25, 0.3) is 10.9 Å². The van der Waals surface area contributed by atoms with E-state index in [0.717, 1.165) is 36.5 Å². The number of benzene rings is 2. The average molecular weight is 556 g/mol. The van der Waals surface area contributed by atoms with Crippen molar-refractivity contribution in [2.75, 3.05) is 30.0 Å². The number of ether oxygens (including phenoxy) is 2. The van der Waals surface area contributed by atoms with Crippen LogP contribution in [0, 0.1) is 0 Å². The molecule has 0 unspecified atom stereocenters. The summed E-state index contributed by atoms with van der Waals surface area (Å²) in [5, 5.41) is 23.0. The second-order valence-corrected chi connectivity index (χ2v) is 10.0. The molecule has 2 aromatic heterocycles. The van der Waals surface area contributed by atoms with Crippen LogP contribution in [0.2, 0.25) is 0 Å². The van der Waals surface area contributed by atoms with E-state index < -0.39 is 11.9 Å². The van der Waals surface area contributed by atoms with E-state index in [0.29, 0.717) is 54.1 Å². The molecule has 41 heavy (non-hydrogen) atoms. The van der Waals surface area contributed by atoms with Crippen LogP contribution in [-0.2, 0) is 11.2 Å². The first-order valence-electron chi connectivity index (χ1n) is 13.5. The maximum atomic E-state index is 12.6. The molecule has 2 aliphatic heterocycles. The normalized spacial score (nSPS) is 15.3. The van der Waals surface area contributed by atoms with Gasteiger partial charge in [-0.25, -0.2) is 10.3 Å². The van der Waals surface area contributed by atoms with Gasteiger partial charge in [0.1, 0.15) is 11.9 Å². The molecule has 4 N–H and O–H groups in total. The minimum absolute atomic E-state index is 0.0308. The van der Waals surface area contributed by atoms with Crippen LogP contribution in [0.4, 0.5) is 22.7 Å². The van der Waals surface area contributed by atoms with Crippen LogP contribution < -0.4 is 20.4 Å². The minimum Gasteiger partial charge on any atom is -0.490 e. The third-order valence-corrected chi connectivity index (χ3v) is 7.36. The van der Waals surface area contributed by atoms with Gasteiger partial charge in [-0.2, -0.15) is 0 Å². The predicted molar refractivity (Wildman–Crippen MR) is 152 cm³/mol. The maximum Gasteiger partial charge on any atom is 0.335 e. The molecule has 0 bridgehead atoms. The van der Waals surface area contributed by atoms with Crippen LogP contribution in [0.5, 0.6) is 5.75 Å². The number of hydrogen-bond acceptors (Lipinski definition) is 9. The van der Waals surface area contributed by atoms with Gasteiger partial charge in [-0.15, -0.1) is 0 Å². The van der Waals surface area contributed by atoms with Gasteiger partial charge in [-0.3, -0.25) is 20.0 Å². The van der Waals surface area contributed by atoms with E-state index in [4.69, 9.17) is 9.47 Å². The van der Waals surface area contributed by atoms with E-state index in [9.17, 15) is 19.9 Å². The number of pyridine rings is 2. The summed E-state index contributed by atoms with van der Waals surface area (Å²) < 4.78 is 11.5. The average Bonchev–Trinajstić information content (AvgIpc) is 3.00. The zero-order valence-electron chi connectivity index (χ0n) is 22.2. The molecule has 0 spiro atoms. The Kier molecular flexibility index (Phi) is 7.36. The van der Waals surface area contributed by atoms with Crippen molar-refractivity contribution in [2.24, 2.45) is 0 Å². The van der Waals surface area contributed by atoms with Crippen molar-refractivity contribution in [3.8, 4) is 5.75 Å². The molecular weight excluding hydrogens is 526 g/mol. The lowest BCUT2D eigenvalue weighted by Crippen LogP contribution is -2.26. The van der Waals surface area contributed by atoms with Crippen molar-refractivity contribution >= 4 is 45.5 Å². The SMILES string of the molecule is O=C(O)c1cc(Nc2c(C(=O)NO)cnc3cc(N4CCCc5ncccc54)ccc23)cc(OC2CCOCC2)c1. The van der Waals surface area contributed by atoms with Crippen molar-refractivity contribution < 1.29 is 29.4 Å². The second kappa shape index (κ2) is 11.4. The topological polar surface area (TPSA) is 146 Å². The zero-order chi connectivity index (χ0) is 28.3.